The summed E-state index contributed by atoms with van der Waals surface area (Å²) >= 11 is 0. The van der Waals surface area contributed by atoms with E-state index in [1.54, 1.807) is 37.3 Å². The van der Waals surface area contributed by atoms with Crippen molar-refractivity contribution in [3.8, 4) is 6.07 Å². The maximum Gasteiger partial charge on any atom is 0.349 e. The fourth-order valence-electron chi connectivity index (χ4n) is 2.36. The lowest BCUT2D eigenvalue weighted by Gasteiger charge is -2.10. The molecule has 0 bridgehead atoms. The number of hydrogen-bond donors (Lipinski definition) is 1. The summed E-state index contributed by atoms with van der Waals surface area (Å²) in [5, 5.41) is 11.8. The van der Waals surface area contributed by atoms with Gasteiger partial charge in [0, 0.05) is 5.69 Å². The summed E-state index contributed by atoms with van der Waals surface area (Å²) in [7, 11) is 1.26. The van der Waals surface area contributed by atoms with Crippen molar-refractivity contribution in [3.05, 3.63) is 70.3 Å². The molecule has 1 N–H and O–H groups in total. The van der Waals surface area contributed by atoms with Gasteiger partial charge in [0.1, 0.15) is 11.6 Å². The fraction of sp³-hybridized carbons (Fsp3) is 0.182. The number of anilines is 1. The second-order valence-electron chi connectivity index (χ2n) is 6.23. The van der Waals surface area contributed by atoms with Crippen LogP contribution in [0.5, 0.6) is 0 Å². The Balaban J connectivity index is 2.01. The van der Waals surface area contributed by atoms with Crippen molar-refractivity contribution in [1.82, 2.24) is 0 Å². The molecule has 0 aliphatic rings. The first-order valence-electron chi connectivity index (χ1n) is 8.68. The van der Waals surface area contributed by atoms with E-state index < -0.39 is 24.5 Å². The minimum absolute atomic E-state index is 0.217. The lowest BCUT2D eigenvalue weighted by Crippen LogP contribution is -2.22. The standard InChI is InChI=1S/C22H20N2O5/c1-14-4-7-16(8-5-14)10-18(12-23)22(27)29-13-20(25)24-19-11-17(21(26)28-3)9-6-15(19)2/h4-11H,13H2,1-3H3,(H,24,25)/b18-10+. The summed E-state index contributed by atoms with van der Waals surface area (Å²) in [6.07, 6.45) is 1.39. The van der Waals surface area contributed by atoms with E-state index in [0.717, 1.165) is 5.56 Å². The molecule has 2 aromatic rings. The molecule has 0 aliphatic heterocycles. The fourth-order valence-corrected chi connectivity index (χ4v) is 2.36. The van der Waals surface area contributed by atoms with E-state index in [2.05, 4.69) is 10.1 Å². The zero-order valence-corrected chi connectivity index (χ0v) is 16.3. The second-order valence-corrected chi connectivity index (χ2v) is 6.23. The second kappa shape index (κ2) is 9.85. The van der Waals surface area contributed by atoms with Gasteiger partial charge < -0.3 is 14.8 Å². The minimum Gasteiger partial charge on any atom is -0.465 e. The first-order valence-corrected chi connectivity index (χ1v) is 8.68. The highest BCUT2D eigenvalue weighted by molar-refractivity contribution is 6.00. The predicted molar refractivity (Wildman–Crippen MR) is 107 cm³/mol. The van der Waals surface area contributed by atoms with Gasteiger partial charge in [-0.25, -0.2) is 9.59 Å². The lowest BCUT2D eigenvalue weighted by molar-refractivity contribution is -0.142. The van der Waals surface area contributed by atoms with E-state index in [-0.39, 0.29) is 11.1 Å². The third-order valence-electron chi connectivity index (χ3n) is 4.00. The lowest BCUT2D eigenvalue weighted by atomic mass is 10.1. The van der Waals surface area contributed by atoms with Crippen LogP contribution in [0.4, 0.5) is 5.69 Å². The highest BCUT2D eigenvalue weighted by atomic mass is 16.5. The molecular weight excluding hydrogens is 372 g/mol. The number of hydrogen-bond acceptors (Lipinski definition) is 6. The number of nitriles is 1. The number of amides is 1. The number of nitrogens with zero attached hydrogens (tertiary/aromatic N) is 1. The topological polar surface area (TPSA) is 105 Å². The molecule has 29 heavy (non-hydrogen) atoms. The summed E-state index contributed by atoms with van der Waals surface area (Å²) in [5.74, 6) is -2.04. The Morgan fingerprint density at radius 3 is 2.41 bits per heavy atom. The Bertz CT molecular complexity index is 1000. The molecule has 7 nitrogen and oxygen atoms in total. The van der Waals surface area contributed by atoms with E-state index >= 15 is 0 Å². The quantitative estimate of drug-likeness (QED) is 0.460. The number of rotatable bonds is 6. The number of ether oxygens (including phenoxy) is 2. The molecule has 1 amide bonds. The zero-order chi connectivity index (χ0) is 21.4. The van der Waals surface area contributed by atoms with Gasteiger partial charge >= 0.3 is 11.9 Å². The summed E-state index contributed by atoms with van der Waals surface area (Å²) in [6.45, 7) is 3.10. The molecule has 0 saturated carbocycles. The molecule has 0 fully saturated rings. The Labute approximate surface area is 168 Å². The largest absolute Gasteiger partial charge is 0.465 e. The van der Waals surface area contributed by atoms with Crippen LogP contribution in [0, 0.1) is 25.2 Å². The third kappa shape index (κ3) is 6.04. The van der Waals surface area contributed by atoms with Crippen LogP contribution in [-0.4, -0.2) is 31.6 Å². The van der Waals surface area contributed by atoms with Crippen LogP contribution in [0.15, 0.2) is 48.0 Å². The van der Waals surface area contributed by atoms with E-state index in [4.69, 9.17) is 4.74 Å². The smallest absolute Gasteiger partial charge is 0.349 e. The minimum atomic E-state index is -0.900. The number of benzene rings is 2. The molecule has 0 radical (unpaired) electrons. The molecule has 0 saturated heterocycles. The number of aryl methyl sites for hydroxylation is 2. The summed E-state index contributed by atoms with van der Waals surface area (Å²) in [4.78, 5) is 35.8. The van der Waals surface area contributed by atoms with E-state index in [1.807, 2.05) is 19.1 Å². The van der Waals surface area contributed by atoms with Crippen molar-refractivity contribution in [2.24, 2.45) is 0 Å². The average molecular weight is 392 g/mol. The van der Waals surface area contributed by atoms with Crippen molar-refractivity contribution >= 4 is 29.6 Å². The molecule has 148 valence electrons. The van der Waals surface area contributed by atoms with Gasteiger partial charge in [0.15, 0.2) is 6.61 Å². The Hall–Kier alpha value is -3.92. The van der Waals surface area contributed by atoms with Gasteiger partial charge in [0.05, 0.1) is 12.7 Å². The van der Waals surface area contributed by atoms with Crippen molar-refractivity contribution < 1.29 is 23.9 Å². The van der Waals surface area contributed by atoms with Crippen LogP contribution in [0.1, 0.15) is 27.0 Å². The van der Waals surface area contributed by atoms with Crippen LogP contribution in [0.3, 0.4) is 0 Å². The van der Waals surface area contributed by atoms with Crippen LogP contribution >= 0.6 is 0 Å². The molecule has 2 aromatic carbocycles. The molecule has 7 heteroatoms. The van der Waals surface area contributed by atoms with Gasteiger partial charge in [-0.1, -0.05) is 35.9 Å². The number of methoxy groups -OCH3 is 1. The number of nitrogens with one attached hydrogen (secondary N) is 1. The maximum atomic E-state index is 12.1. The Morgan fingerprint density at radius 2 is 1.79 bits per heavy atom. The molecule has 0 spiro atoms. The summed E-state index contributed by atoms with van der Waals surface area (Å²) in [5.41, 5.74) is 2.89. The highest BCUT2D eigenvalue weighted by Gasteiger charge is 2.15. The van der Waals surface area contributed by atoms with E-state index in [0.29, 0.717) is 16.8 Å². The normalized spacial score (nSPS) is 10.6. The van der Waals surface area contributed by atoms with Crippen molar-refractivity contribution in [1.29, 1.82) is 5.26 Å². The van der Waals surface area contributed by atoms with Gasteiger partial charge in [-0.2, -0.15) is 5.26 Å². The van der Waals surface area contributed by atoms with Crippen LogP contribution in [-0.2, 0) is 19.1 Å². The summed E-state index contributed by atoms with van der Waals surface area (Å²) in [6, 6.07) is 13.7. The van der Waals surface area contributed by atoms with Crippen LogP contribution < -0.4 is 5.32 Å². The van der Waals surface area contributed by atoms with Gasteiger partial charge in [0.2, 0.25) is 0 Å². The Morgan fingerprint density at radius 1 is 1.10 bits per heavy atom. The SMILES string of the molecule is COC(=O)c1ccc(C)c(NC(=O)COC(=O)/C(C#N)=C/c2ccc(C)cc2)c1. The van der Waals surface area contributed by atoms with Crippen molar-refractivity contribution in [2.75, 3.05) is 19.0 Å². The predicted octanol–water partition coefficient (Wildman–Crippen LogP) is 3.18. The number of esters is 2. The monoisotopic (exact) mass is 392 g/mol. The van der Waals surface area contributed by atoms with Crippen LogP contribution in [0.2, 0.25) is 0 Å². The molecule has 0 aromatic heterocycles. The van der Waals surface area contributed by atoms with Gasteiger partial charge in [-0.05, 0) is 43.2 Å². The first-order chi connectivity index (χ1) is 13.8. The maximum absolute atomic E-state index is 12.1. The molecule has 0 atom stereocenters. The van der Waals surface area contributed by atoms with Gasteiger partial charge in [-0.15, -0.1) is 0 Å². The zero-order valence-electron chi connectivity index (χ0n) is 16.3. The summed E-state index contributed by atoms with van der Waals surface area (Å²) < 4.78 is 9.58. The highest BCUT2D eigenvalue weighted by Crippen LogP contribution is 2.17. The molecular formula is C22H20N2O5. The molecule has 0 aliphatic carbocycles. The Kier molecular flexibility index (Phi) is 7.26. The number of carbonyl (C=O) groups is 3. The molecule has 2 rings (SSSR count). The van der Waals surface area contributed by atoms with Crippen molar-refractivity contribution in [2.45, 2.75) is 13.8 Å². The third-order valence-corrected chi connectivity index (χ3v) is 4.00. The van der Waals surface area contributed by atoms with E-state index in [1.165, 1.54) is 19.3 Å². The van der Waals surface area contributed by atoms with Crippen molar-refractivity contribution in [3.63, 3.8) is 0 Å². The van der Waals surface area contributed by atoms with Gasteiger partial charge in [-0.3, -0.25) is 4.79 Å². The average Bonchev–Trinajstić information content (AvgIpc) is 2.72. The molecule has 0 heterocycles. The molecule has 0 unspecified atom stereocenters. The van der Waals surface area contributed by atoms with Gasteiger partial charge in [0.25, 0.3) is 5.91 Å². The first kappa shape index (κ1) is 21.4. The van der Waals surface area contributed by atoms with Crippen LogP contribution in [0.25, 0.3) is 6.08 Å². The number of carbonyl (C=O) groups excluding carboxylic acids is 3. The van der Waals surface area contributed by atoms with E-state index in [9.17, 15) is 19.6 Å².